The first kappa shape index (κ1) is 11.2. The first-order valence-electron chi connectivity index (χ1n) is 5.88. The molecule has 4 heteroatoms. The first-order valence-corrected chi connectivity index (χ1v) is 5.88. The van der Waals surface area contributed by atoms with E-state index in [2.05, 4.69) is 0 Å². The van der Waals surface area contributed by atoms with Crippen molar-refractivity contribution in [3.63, 3.8) is 0 Å². The fraction of sp³-hybridized carbons (Fsp3) is 0.286. The monoisotopic (exact) mass is 245 g/mol. The summed E-state index contributed by atoms with van der Waals surface area (Å²) in [6.07, 6.45) is 6.41. The van der Waals surface area contributed by atoms with Gasteiger partial charge >= 0.3 is 0 Å². The van der Waals surface area contributed by atoms with E-state index in [1.54, 1.807) is 13.0 Å². The minimum Gasteiger partial charge on any atom is -0.455 e. The normalized spacial score (nSPS) is 26.4. The molecule has 0 amide bonds. The van der Waals surface area contributed by atoms with Gasteiger partial charge in [0.15, 0.2) is 0 Å². The van der Waals surface area contributed by atoms with Crippen molar-refractivity contribution < 1.29 is 14.6 Å². The summed E-state index contributed by atoms with van der Waals surface area (Å²) in [5, 5.41) is 9.92. The van der Waals surface area contributed by atoms with E-state index in [4.69, 9.17) is 9.47 Å². The maximum Gasteiger partial charge on any atom is 0.266 e. The Labute approximate surface area is 106 Å². The molecule has 0 saturated carbocycles. The van der Waals surface area contributed by atoms with Crippen LogP contribution in [0.1, 0.15) is 18.8 Å². The highest BCUT2D eigenvalue weighted by atomic mass is 16.7. The number of nitrogens with zero attached hydrogens (tertiary/aromatic N) is 1. The number of aliphatic hydroxyl groups is 1. The average Bonchev–Trinajstić information content (AvgIpc) is 2.98. The third kappa shape index (κ3) is 2.07. The van der Waals surface area contributed by atoms with Crippen LogP contribution in [0.5, 0.6) is 0 Å². The molecule has 2 aliphatic rings. The number of hydrogen-bond donors (Lipinski definition) is 1. The van der Waals surface area contributed by atoms with Gasteiger partial charge in [-0.3, -0.25) is 0 Å². The predicted octanol–water partition coefficient (Wildman–Crippen LogP) is 2.29. The Bertz CT molecular complexity index is 500. The molecule has 18 heavy (non-hydrogen) atoms. The Balaban J connectivity index is 1.81. The van der Waals surface area contributed by atoms with Crippen LogP contribution in [-0.4, -0.2) is 17.3 Å². The summed E-state index contributed by atoms with van der Waals surface area (Å²) < 4.78 is 10.6. The van der Waals surface area contributed by atoms with E-state index in [0.29, 0.717) is 6.54 Å². The van der Waals surface area contributed by atoms with Crippen molar-refractivity contribution >= 4 is 5.69 Å². The van der Waals surface area contributed by atoms with Crippen molar-refractivity contribution in [3.8, 4) is 0 Å². The molecule has 2 heterocycles. The molecular weight excluding hydrogens is 230 g/mol. The molecule has 1 unspecified atom stereocenters. The SMILES string of the molecule is CC1(O)C=CN(c2cccc(C3OC=CO3)c2)C1. The first-order chi connectivity index (χ1) is 8.64. The third-order valence-electron chi connectivity index (χ3n) is 3.04. The van der Waals surface area contributed by atoms with E-state index >= 15 is 0 Å². The van der Waals surface area contributed by atoms with Gasteiger partial charge in [-0.1, -0.05) is 12.1 Å². The number of β-amino-alcohol motifs (C(OH)–C–C–N with tert-alkyl or cyclic N) is 1. The van der Waals surface area contributed by atoms with Crippen LogP contribution in [0.2, 0.25) is 0 Å². The molecular formula is C14H15NO3. The average molecular weight is 245 g/mol. The van der Waals surface area contributed by atoms with Gasteiger partial charge in [-0.05, 0) is 25.1 Å². The van der Waals surface area contributed by atoms with Crippen molar-refractivity contribution in [3.05, 3.63) is 54.6 Å². The number of benzene rings is 1. The summed E-state index contributed by atoms with van der Waals surface area (Å²) in [6, 6.07) is 7.91. The zero-order valence-electron chi connectivity index (χ0n) is 10.1. The molecule has 0 aromatic heterocycles. The van der Waals surface area contributed by atoms with Gasteiger partial charge in [0.1, 0.15) is 12.5 Å². The van der Waals surface area contributed by atoms with Gasteiger partial charge in [-0.15, -0.1) is 0 Å². The van der Waals surface area contributed by atoms with Gasteiger partial charge in [-0.25, -0.2) is 0 Å². The molecule has 0 spiro atoms. The molecule has 0 radical (unpaired) electrons. The minimum absolute atomic E-state index is 0.364. The van der Waals surface area contributed by atoms with Gasteiger partial charge in [0, 0.05) is 17.5 Å². The van der Waals surface area contributed by atoms with E-state index in [0.717, 1.165) is 11.3 Å². The Hall–Kier alpha value is -1.94. The van der Waals surface area contributed by atoms with Gasteiger partial charge in [0.25, 0.3) is 6.29 Å². The van der Waals surface area contributed by atoms with E-state index in [1.165, 1.54) is 12.5 Å². The van der Waals surface area contributed by atoms with E-state index < -0.39 is 5.60 Å². The molecule has 2 aliphatic heterocycles. The minimum atomic E-state index is -0.766. The van der Waals surface area contributed by atoms with Gasteiger partial charge in [0.2, 0.25) is 0 Å². The highest BCUT2D eigenvalue weighted by molar-refractivity contribution is 5.54. The molecule has 1 aromatic carbocycles. The number of ether oxygens (including phenoxy) is 2. The van der Waals surface area contributed by atoms with Crippen LogP contribution in [0.15, 0.2) is 49.1 Å². The summed E-state index contributed by atoms with van der Waals surface area (Å²) in [5.41, 5.74) is 1.20. The number of rotatable bonds is 2. The van der Waals surface area contributed by atoms with Crippen molar-refractivity contribution in [2.45, 2.75) is 18.8 Å². The fourth-order valence-electron chi connectivity index (χ4n) is 2.12. The Morgan fingerprint density at radius 2 is 2.11 bits per heavy atom. The molecule has 3 rings (SSSR count). The standard InChI is InChI=1S/C14H15NO3/c1-14(16)5-6-15(10-14)12-4-2-3-11(9-12)13-17-7-8-18-13/h2-9,13,16H,10H2,1H3. The summed E-state index contributed by atoms with van der Waals surface area (Å²) in [4.78, 5) is 2.01. The van der Waals surface area contributed by atoms with Gasteiger partial charge in [-0.2, -0.15) is 0 Å². The number of hydrogen-bond acceptors (Lipinski definition) is 4. The molecule has 0 fully saturated rings. The Kier molecular flexibility index (Phi) is 2.52. The second kappa shape index (κ2) is 4.07. The molecule has 0 saturated heterocycles. The maximum atomic E-state index is 9.92. The highest BCUT2D eigenvalue weighted by Gasteiger charge is 2.26. The fourth-order valence-corrected chi connectivity index (χ4v) is 2.12. The summed E-state index contributed by atoms with van der Waals surface area (Å²) >= 11 is 0. The number of anilines is 1. The summed E-state index contributed by atoms with van der Waals surface area (Å²) in [5.74, 6) is 0. The van der Waals surface area contributed by atoms with E-state index in [1.807, 2.05) is 35.4 Å². The van der Waals surface area contributed by atoms with Gasteiger partial charge < -0.3 is 19.5 Å². The molecule has 0 aliphatic carbocycles. The molecule has 1 atom stereocenters. The zero-order chi connectivity index (χ0) is 12.6. The summed E-state index contributed by atoms with van der Waals surface area (Å²) in [6.45, 7) is 2.35. The third-order valence-corrected chi connectivity index (χ3v) is 3.04. The molecule has 1 aromatic rings. The van der Waals surface area contributed by atoms with Crippen LogP contribution in [-0.2, 0) is 9.47 Å². The van der Waals surface area contributed by atoms with Crippen molar-refractivity contribution in [2.75, 3.05) is 11.4 Å². The van der Waals surface area contributed by atoms with Crippen LogP contribution >= 0.6 is 0 Å². The van der Waals surface area contributed by atoms with Crippen molar-refractivity contribution in [1.29, 1.82) is 0 Å². The van der Waals surface area contributed by atoms with Gasteiger partial charge in [0.05, 0.1) is 12.1 Å². The van der Waals surface area contributed by atoms with Crippen LogP contribution in [0.3, 0.4) is 0 Å². The largest absolute Gasteiger partial charge is 0.455 e. The van der Waals surface area contributed by atoms with Crippen molar-refractivity contribution in [1.82, 2.24) is 0 Å². The second-order valence-electron chi connectivity index (χ2n) is 4.77. The lowest BCUT2D eigenvalue weighted by molar-refractivity contribution is -0.0245. The quantitative estimate of drug-likeness (QED) is 0.868. The van der Waals surface area contributed by atoms with Crippen LogP contribution < -0.4 is 4.90 Å². The second-order valence-corrected chi connectivity index (χ2v) is 4.77. The molecule has 4 nitrogen and oxygen atoms in total. The highest BCUT2D eigenvalue weighted by Crippen LogP contribution is 2.29. The van der Waals surface area contributed by atoms with Crippen molar-refractivity contribution in [2.24, 2.45) is 0 Å². The lowest BCUT2D eigenvalue weighted by Gasteiger charge is -2.22. The maximum absolute atomic E-state index is 9.92. The zero-order valence-corrected chi connectivity index (χ0v) is 10.1. The van der Waals surface area contributed by atoms with Crippen LogP contribution in [0.25, 0.3) is 0 Å². The molecule has 1 N–H and O–H groups in total. The van der Waals surface area contributed by atoms with Crippen LogP contribution in [0, 0.1) is 0 Å². The molecule has 94 valence electrons. The lowest BCUT2D eigenvalue weighted by Crippen LogP contribution is -2.30. The Morgan fingerprint density at radius 3 is 2.78 bits per heavy atom. The summed E-state index contributed by atoms with van der Waals surface area (Å²) in [7, 11) is 0. The molecule has 0 bridgehead atoms. The lowest BCUT2D eigenvalue weighted by atomic mass is 10.1. The topological polar surface area (TPSA) is 41.9 Å². The van der Waals surface area contributed by atoms with E-state index in [9.17, 15) is 5.11 Å². The predicted molar refractivity (Wildman–Crippen MR) is 67.6 cm³/mol. The Morgan fingerprint density at radius 1 is 1.33 bits per heavy atom. The van der Waals surface area contributed by atoms with E-state index in [-0.39, 0.29) is 6.29 Å². The smallest absolute Gasteiger partial charge is 0.266 e. The van der Waals surface area contributed by atoms with Crippen LogP contribution in [0.4, 0.5) is 5.69 Å².